The summed E-state index contributed by atoms with van der Waals surface area (Å²) in [6.07, 6.45) is 2.40. The van der Waals surface area contributed by atoms with Gasteiger partial charge in [-0.05, 0) is 12.0 Å². The molecule has 2 atom stereocenters. The van der Waals surface area contributed by atoms with Gasteiger partial charge in [0.05, 0.1) is 6.10 Å². The van der Waals surface area contributed by atoms with Crippen LogP contribution in [0.4, 0.5) is 4.79 Å². The molecule has 4 heteroatoms. The van der Waals surface area contributed by atoms with Gasteiger partial charge in [0.2, 0.25) is 0 Å². The summed E-state index contributed by atoms with van der Waals surface area (Å²) in [6.45, 7) is 4.41. The van der Waals surface area contributed by atoms with Crippen LogP contribution in [0.25, 0.3) is 0 Å². The lowest BCUT2D eigenvalue weighted by atomic mass is 10.2. The minimum atomic E-state index is -0.410. The van der Waals surface area contributed by atoms with Gasteiger partial charge in [-0.15, -0.1) is 6.58 Å². The quantitative estimate of drug-likeness (QED) is 0.619. The Morgan fingerprint density at radius 2 is 2.17 bits per heavy atom. The van der Waals surface area contributed by atoms with Crippen LogP contribution in [0.1, 0.15) is 12.0 Å². The first-order valence-electron chi connectivity index (χ1n) is 6.00. The zero-order valence-electron chi connectivity index (χ0n) is 10.2. The van der Waals surface area contributed by atoms with Crippen LogP contribution >= 0.6 is 0 Å². The van der Waals surface area contributed by atoms with Crippen molar-refractivity contribution in [2.24, 2.45) is 0 Å². The van der Waals surface area contributed by atoms with E-state index in [1.54, 1.807) is 6.08 Å². The van der Waals surface area contributed by atoms with E-state index < -0.39 is 6.09 Å². The Hall–Kier alpha value is -1.81. The minimum absolute atomic E-state index is 0.0328. The lowest BCUT2D eigenvalue weighted by Crippen LogP contribution is -2.25. The fourth-order valence-electron chi connectivity index (χ4n) is 1.68. The van der Waals surface area contributed by atoms with Crippen LogP contribution in [0.5, 0.6) is 0 Å². The Morgan fingerprint density at radius 1 is 1.39 bits per heavy atom. The number of epoxide rings is 1. The highest BCUT2D eigenvalue weighted by Gasteiger charge is 2.38. The first-order chi connectivity index (χ1) is 8.79. The van der Waals surface area contributed by atoms with E-state index in [-0.39, 0.29) is 12.2 Å². The van der Waals surface area contributed by atoms with Crippen LogP contribution in [0, 0.1) is 0 Å². The average Bonchev–Trinajstić information content (AvgIpc) is 3.14. The van der Waals surface area contributed by atoms with Gasteiger partial charge < -0.3 is 14.8 Å². The van der Waals surface area contributed by atoms with E-state index in [0.29, 0.717) is 13.2 Å². The molecule has 1 saturated heterocycles. The zero-order valence-corrected chi connectivity index (χ0v) is 10.2. The van der Waals surface area contributed by atoms with Gasteiger partial charge in [0.25, 0.3) is 0 Å². The molecule has 1 fully saturated rings. The smallest absolute Gasteiger partial charge is 0.407 e. The second-order valence-corrected chi connectivity index (χ2v) is 4.17. The Balaban J connectivity index is 1.60. The summed E-state index contributed by atoms with van der Waals surface area (Å²) in [5.41, 5.74) is 1.04. The largest absolute Gasteiger partial charge is 0.447 e. The van der Waals surface area contributed by atoms with Crippen molar-refractivity contribution < 1.29 is 14.3 Å². The third kappa shape index (κ3) is 3.89. The van der Waals surface area contributed by atoms with Gasteiger partial charge in [0, 0.05) is 6.54 Å². The van der Waals surface area contributed by atoms with E-state index in [0.717, 1.165) is 12.0 Å². The average molecular weight is 247 g/mol. The molecule has 0 bridgehead atoms. The minimum Gasteiger partial charge on any atom is -0.447 e. The van der Waals surface area contributed by atoms with Crippen molar-refractivity contribution in [1.82, 2.24) is 5.32 Å². The number of carbonyl (C=O) groups is 1. The van der Waals surface area contributed by atoms with Gasteiger partial charge in [-0.2, -0.15) is 0 Å². The standard InChI is InChI=1S/C14H17NO3/c1-2-6-12-13(18-12)10-17-14(16)15-9-11-7-4-3-5-8-11/h2-5,7-8,12-13H,1,6,9-10H2,(H,15,16)/t12-,13-/m0/s1. The van der Waals surface area contributed by atoms with Crippen molar-refractivity contribution in [3.05, 3.63) is 48.6 Å². The highest BCUT2D eigenvalue weighted by Crippen LogP contribution is 2.25. The zero-order chi connectivity index (χ0) is 12.8. The summed E-state index contributed by atoms with van der Waals surface area (Å²) in [4.78, 5) is 11.4. The molecule has 1 aromatic rings. The molecule has 1 amide bonds. The van der Waals surface area contributed by atoms with Crippen molar-refractivity contribution in [2.75, 3.05) is 6.61 Å². The second-order valence-electron chi connectivity index (χ2n) is 4.17. The molecule has 4 nitrogen and oxygen atoms in total. The number of nitrogens with one attached hydrogen (secondary N) is 1. The molecular formula is C14H17NO3. The predicted molar refractivity (Wildman–Crippen MR) is 68.1 cm³/mol. The number of hydrogen-bond acceptors (Lipinski definition) is 3. The molecule has 0 unspecified atom stereocenters. The molecule has 0 aliphatic carbocycles. The van der Waals surface area contributed by atoms with Crippen LogP contribution in [0.15, 0.2) is 43.0 Å². The maximum Gasteiger partial charge on any atom is 0.407 e. The molecule has 1 aliphatic rings. The van der Waals surface area contributed by atoms with Crippen molar-refractivity contribution >= 4 is 6.09 Å². The highest BCUT2D eigenvalue weighted by atomic mass is 16.6. The van der Waals surface area contributed by atoms with Crippen molar-refractivity contribution in [2.45, 2.75) is 25.2 Å². The normalized spacial score (nSPS) is 21.1. The van der Waals surface area contributed by atoms with Gasteiger partial charge >= 0.3 is 6.09 Å². The Labute approximate surface area is 107 Å². The molecule has 96 valence electrons. The molecule has 2 rings (SSSR count). The maximum atomic E-state index is 11.4. The third-order valence-corrected chi connectivity index (χ3v) is 2.74. The molecule has 1 aromatic carbocycles. The van der Waals surface area contributed by atoms with Crippen molar-refractivity contribution in [3.63, 3.8) is 0 Å². The summed E-state index contributed by atoms with van der Waals surface area (Å²) < 4.78 is 10.3. The SMILES string of the molecule is C=CC[C@@H]1O[C@H]1COC(=O)NCc1ccccc1. The summed E-state index contributed by atoms with van der Waals surface area (Å²) in [5.74, 6) is 0. The Kier molecular flexibility index (Phi) is 4.36. The van der Waals surface area contributed by atoms with Crippen LogP contribution in [0.3, 0.4) is 0 Å². The van der Waals surface area contributed by atoms with Crippen LogP contribution in [-0.4, -0.2) is 24.9 Å². The van der Waals surface area contributed by atoms with Crippen molar-refractivity contribution in [3.8, 4) is 0 Å². The number of rotatable bonds is 6. The molecular weight excluding hydrogens is 230 g/mol. The van der Waals surface area contributed by atoms with Gasteiger partial charge in [0.1, 0.15) is 12.7 Å². The fourth-order valence-corrected chi connectivity index (χ4v) is 1.68. The monoisotopic (exact) mass is 247 g/mol. The van der Waals surface area contributed by atoms with E-state index >= 15 is 0 Å². The first kappa shape index (κ1) is 12.6. The van der Waals surface area contributed by atoms with E-state index in [2.05, 4.69) is 11.9 Å². The number of benzene rings is 1. The number of ether oxygens (including phenoxy) is 2. The predicted octanol–water partition coefficient (Wildman–Crippen LogP) is 2.26. The van der Waals surface area contributed by atoms with E-state index in [9.17, 15) is 4.79 Å². The molecule has 1 N–H and O–H groups in total. The van der Waals surface area contributed by atoms with E-state index in [1.807, 2.05) is 30.3 Å². The van der Waals surface area contributed by atoms with Gasteiger partial charge in [-0.3, -0.25) is 0 Å². The Bertz CT molecular complexity index is 405. The highest BCUT2D eigenvalue weighted by molar-refractivity contribution is 5.67. The molecule has 1 aliphatic heterocycles. The van der Waals surface area contributed by atoms with Crippen LogP contribution in [0.2, 0.25) is 0 Å². The number of carbonyl (C=O) groups excluding carboxylic acids is 1. The summed E-state index contributed by atoms with van der Waals surface area (Å²) in [5, 5.41) is 2.69. The molecule has 0 radical (unpaired) electrons. The topological polar surface area (TPSA) is 50.9 Å². The van der Waals surface area contributed by atoms with Crippen molar-refractivity contribution in [1.29, 1.82) is 0 Å². The maximum absolute atomic E-state index is 11.4. The summed E-state index contributed by atoms with van der Waals surface area (Å²) >= 11 is 0. The van der Waals surface area contributed by atoms with E-state index in [4.69, 9.17) is 9.47 Å². The molecule has 0 saturated carbocycles. The Morgan fingerprint density at radius 3 is 2.89 bits per heavy atom. The van der Waals surface area contributed by atoms with Gasteiger partial charge in [-0.1, -0.05) is 36.4 Å². The third-order valence-electron chi connectivity index (χ3n) is 2.74. The summed E-state index contributed by atoms with van der Waals surface area (Å²) in [6, 6.07) is 9.70. The van der Waals surface area contributed by atoms with Crippen LogP contribution < -0.4 is 5.32 Å². The number of alkyl carbamates (subject to hydrolysis) is 1. The molecule has 0 spiro atoms. The lowest BCUT2D eigenvalue weighted by molar-refractivity contribution is 0.135. The number of hydrogen-bond donors (Lipinski definition) is 1. The summed E-state index contributed by atoms with van der Waals surface area (Å²) in [7, 11) is 0. The van der Waals surface area contributed by atoms with Crippen LogP contribution in [-0.2, 0) is 16.0 Å². The van der Waals surface area contributed by atoms with Gasteiger partial charge in [-0.25, -0.2) is 4.79 Å². The first-order valence-corrected chi connectivity index (χ1v) is 6.00. The lowest BCUT2D eigenvalue weighted by Gasteiger charge is -2.05. The molecule has 0 aromatic heterocycles. The number of amides is 1. The van der Waals surface area contributed by atoms with Gasteiger partial charge in [0.15, 0.2) is 0 Å². The second kappa shape index (κ2) is 6.21. The molecule has 1 heterocycles. The fraction of sp³-hybridized carbons (Fsp3) is 0.357. The van der Waals surface area contributed by atoms with E-state index in [1.165, 1.54) is 0 Å². The molecule has 18 heavy (non-hydrogen) atoms.